The average Bonchev–Trinajstić information content (AvgIpc) is 2.70. The third kappa shape index (κ3) is 8.96. The first-order valence-electron chi connectivity index (χ1n) is 10.7. The van der Waals surface area contributed by atoms with E-state index < -0.39 is 12.2 Å². The summed E-state index contributed by atoms with van der Waals surface area (Å²) >= 11 is 0. The Kier molecular flexibility index (Phi) is 11.5. The SMILES string of the molecule is CN(C)CC(O)COc1ccc(C(C)(C)c2ccc(OCC(O)CN(C)C)cc2)cc1.Cl. The normalized spacial score (nSPS) is 13.6. The summed E-state index contributed by atoms with van der Waals surface area (Å²) in [6, 6.07) is 16.1. The largest absolute Gasteiger partial charge is 0.491 e. The van der Waals surface area contributed by atoms with Gasteiger partial charge in [0, 0.05) is 18.5 Å². The Hall–Kier alpha value is -1.83. The van der Waals surface area contributed by atoms with Gasteiger partial charge < -0.3 is 29.5 Å². The van der Waals surface area contributed by atoms with Crippen molar-refractivity contribution in [2.75, 3.05) is 54.5 Å². The number of ether oxygens (including phenoxy) is 2. The highest BCUT2D eigenvalue weighted by atomic mass is 35.5. The maximum absolute atomic E-state index is 9.95. The number of hydrogen-bond acceptors (Lipinski definition) is 6. The van der Waals surface area contributed by atoms with Crippen LogP contribution in [0, 0.1) is 0 Å². The summed E-state index contributed by atoms with van der Waals surface area (Å²) in [5.74, 6) is 1.50. The molecule has 0 bridgehead atoms. The Morgan fingerprint density at radius 3 is 1.28 bits per heavy atom. The fourth-order valence-electron chi connectivity index (χ4n) is 3.44. The molecule has 2 aromatic rings. The molecule has 2 rings (SSSR count). The van der Waals surface area contributed by atoms with E-state index in [1.807, 2.05) is 62.3 Å². The Morgan fingerprint density at radius 1 is 0.688 bits per heavy atom. The van der Waals surface area contributed by atoms with Gasteiger partial charge in [-0.25, -0.2) is 0 Å². The van der Waals surface area contributed by atoms with Gasteiger partial charge in [0.15, 0.2) is 0 Å². The molecule has 0 radical (unpaired) electrons. The minimum Gasteiger partial charge on any atom is -0.491 e. The number of likely N-dealkylation sites (N-methyl/N-ethyl adjacent to an activating group) is 2. The van der Waals surface area contributed by atoms with Gasteiger partial charge in [-0.05, 0) is 63.6 Å². The third-order valence-electron chi connectivity index (χ3n) is 5.19. The molecule has 2 N–H and O–H groups in total. The van der Waals surface area contributed by atoms with Crippen LogP contribution in [-0.4, -0.2) is 86.7 Å². The minimum atomic E-state index is -0.518. The zero-order chi connectivity index (χ0) is 23.0. The van der Waals surface area contributed by atoms with Gasteiger partial charge in [0.25, 0.3) is 0 Å². The summed E-state index contributed by atoms with van der Waals surface area (Å²) in [5, 5.41) is 19.9. The van der Waals surface area contributed by atoms with Crippen molar-refractivity contribution in [3.63, 3.8) is 0 Å². The second-order valence-electron chi connectivity index (χ2n) is 9.13. The lowest BCUT2D eigenvalue weighted by Gasteiger charge is -2.27. The second kappa shape index (κ2) is 13.0. The standard InChI is InChI=1S/C25H38N2O4.ClH/c1-25(2,19-7-11-23(12-8-19)30-17-21(28)15-26(3)4)20-9-13-24(14-10-20)31-18-22(29)16-27(5)6;/h7-14,21-22,28-29H,15-18H2,1-6H3;1H. The summed E-state index contributed by atoms with van der Waals surface area (Å²) in [5.41, 5.74) is 2.15. The molecular formula is C25H39ClN2O4. The zero-order valence-electron chi connectivity index (χ0n) is 20.1. The summed E-state index contributed by atoms with van der Waals surface area (Å²) < 4.78 is 11.4. The number of rotatable bonds is 12. The lowest BCUT2D eigenvalue weighted by molar-refractivity contribution is 0.0830. The van der Waals surface area contributed by atoms with E-state index in [-0.39, 0.29) is 31.0 Å². The van der Waals surface area contributed by atoms with Crippen molar-refractivity contribution in [1.29, 1.82) is 0 Å². The lowest BCUT2D eigenvalue weighted by atomic mass is 9.78. The Bertz CT molecular complexity index is 714. The van der Waals surface area contributed by atoms with E-state index in [9.17, 15) is 10.2 Å². The molecule has 7 heteroatoms. The first kappa shape index (κ1) is 28.2. The Morgan fingerprint density at radius 2 is 1.00 bits per heavy atom. The average molecular weight is 467 g/mol. The van der Waals surface area contributed by atoms with Crippen molar-refractivity contribution >= 4 is 12.4 Å². The molecule has 0 amide bonds. The zero-order valence-corrected chi connectivity index (χ0v) is 20.9. The van der Waals surface area contributed by atoms with Crippen LogP contribution >= 0.6 is 12.4 Å². The van der Waals surface area contributed by atoms with Gasteiger partial charge in [0.1, 0.15) is 36.9 Å². The molecule has 32 heavy (non-hydrogen) atoms. The van der Waals surface area contributed by atoms with Crippen molar-refractivity contribution in [2.45, 2.75) is 31.5 Å². The van der Waals surface area contributed by atoms with Crippen LogP contribution < -0.4 is 9.47 Å². The summed E-state index contributed by atoms with van der Waals surface area (Å²) in [6.45, 7) is 6.04. The Balaban J connectivity index is 0.00000512. The smallest absolute Gasteiger partial charge is 0.119 e. The van der Waals surface area contributed by atoms with E-state index >= 15 is 0 Å². The van der Waals surface area contributed by atoms with Crippen molar-refractivity contribution in [2.24, 2.45) is 0 Å². The number of benzene rings is 2. The predicted octanol–water partition coefficient (Wildman–Crippen LogP) is 3.04. The molecule has 0 heterocycles. The molecule has 0 aromatic heterocycles. The quantitative estimate of drug-likeness (QED) is 0.501. The highest BCUT2D eigenvalue weighted by Crippen LogP contribution is 2.33. The molecule has 2 atom stereocenters. The summed E-state index contributed by atoms with van der Waals surface area (Å²) in [6.07, 6.45) is -1.04. The minimum absolute atomic E-state index is 0. The number of hydrogen-bond donors (Lipinski definition) is 2. The summed E-state index contributed by atoms with van der Waals surface area (Å²) in [4.78, 5) is 3.86. The molecule has 0 saturated heterocycles. The van der Waals surface area contributed by atoms with Crippen molar-refractivity contribution in [1.82, 2.24) is 9.80 Å². The molecule has 0 fully saturated rings. The van der Waals surface area contributed by atoms with Gasteiger partial charge in [-0.2, -0.15) is 0 Å². The molecule has 0 aliphatic rings. The van der Waals surface area contributed by atoms with E-state index in [1.54, 1.807) is 0 Å². The third-order valence-corrected chi connectivity index (χ3v) is 5.19. The van der Waals surface area contributed by atoms with E-state index in [2.05, 4.69) is 38.1 Å². The van der Waals surface area contributed by atoms with Crippen LogP contribution in [0.4, 0.5) is 0 Å². The fraction of sp³-hybridized carbons (Fsp3) is 0.520. The predicted molar refractivity (Wildman–Crippen MR) is 132 cm³/mol. The number of aliphatic hydroxyl groups is 2. The summed E-state index contributed by atoms with van der Waals surface area (Å²) in [7, 11) is 7.70. The topological polar surface area (TPSA) is 65.4 Å². The van der Waals surface area contributed by atoms with Gasteiger partial charge in [0.2, 0.25) is 0 Å². The van der Waals surface area contributed by atoms with Gasteiger partial charge in [-0.3, -0.25) is 0 Å². The molecule has 6 nitrogen and oxygen atoms in total. The van der Waals surface area contributed by atoms with E-state index in [1.165, 1.54) is 11.1 Å². The van der Waals surface area contributed by atoms with E-state index in [0.717, 1.165) is 11.5 Å². The molecule has 180 valence electrons. The van der Waals surface area contributed by atoms with Gasteiger partial charge in [-0.1, -0.05) is 38.1 Å². The van der Waals surface area contributed by atoms with Crippen LogP contribution in [-0.2, 0) is 5.41 Å². The maximum Gasteiger partial charge on any atom is 0.119 e. The van der Waals surface area contributed by atoms with Gasteiger partial charge in [-0.15, -0.1) is 12.4 Å². The lowest BCUT2D eigenvalue weighted by Crippen LogP contribution is -2.30. The monoisotopic (exact) mass is 466 g/mol. The second-order valence-corrected chi connectivity index (χ2v) is 9.13. The molecule has 2 aromatic carbocycles. The molecule has 0 aliphatic heterocycles. The van der Waals surface area contributed by atoms with Crippen LogP contribution in [0.15, 0.2) is 48.5 Å². The highest BCUT2D eigenvalue weighted by Gasteiger charge is 2.23. The van der Waals surface area contributed by atoms with Gasteiger partial charge >= 0.3 is 0 Å². The van der Waals surface area contributed by atoms with E-state index in [0.29, 0.717) is 13.1 Å². The molecule has 2 unspecified atom stereocenters. The highest BCUT2D eigenvalue weighted by molar-refractivity contribution is 5.85. The molecule has 0 saturated carbocycles. The van der Waals surface area contributed by atoms with Crippen LogP contribution in [0.2, 0.25) is 0 Å². The van der Waals surface area contributed by atoms with Crippen LogP contribution in [0.3, 0.4) is 0 Å². The molecule has 0 aliphatic carbocycles. The van der Waals surface area contributed by atoms with Gasteiger partial charge in [0.05, 0.1) is 0 Å². The van der Waals surface area contributed by atoms with Crippen LogP contribution in [0.1, 0.15) is 25.0 Å². The van der Waals surface area contributed by atoms with Crippen molar-refractivity contribution in [3.05, 3.63) is 59.7 Å². The fourth-order valence-corrected chi connectivity index (χ4v) is 3.44. The number of aliphatic hydroxyl groups excluding tert-OH is 2. The van der Waals surface area contributed by atoms with Crippen molar-refractivity contribution < 1.29 is 19.7 Å². The molecular weight excluding hydrogens is 428 g/mol. The number of nitrogens with zero attached hydrogens (tertiary/aromatic N) is 2. The van der Waals surface area contributed by atoms with Crippen molar-refractivity contribution in [3.8, 4) is 11.5 Å². The first-order chi connectivity index (χ1) is 14.6. The first-order valence-corrected chi connectivity index (χ1v) is 10.7. The van der Waals surface area contributed by atoms with Crippen LogP contribution in [0.25, 0.3) is 0 Å². The maximum atomic E-state index is 9.95. The number of halogens is 1. The van der Waals surface area contributed by atoms with Crippen LogP contribution in [0.5, 0.6) is 11.5 Å². The molecule has 0 spiro atoms. The van der Waals surface area contributed by atoms with E-state index in [4.69, 9.17) is 9.47 Å². The Labute approximate surface area is 199 Å².